The molecule has 1 atom stereocenters. The molecule has 1 aliphatic heterocycles. The second kappa shape index (κ2) is 8.60. The smallest absolute Gasteiger partial charge is 0.130 e. The highest BCUT2D eigenvalue weighted by Gasteiger charge is 2.13. The molecule has 2 aromatic rings. The summed E-state index contributed by atoms with van der Waals surface area (Å²) in [6.45, 7) is 4.39. The zero-order chi connectivity index (χ0) is 16.8. The van der Waals surface area contributed by atoms with Crippen LogP contribution in [-0.2, 0) is 13.2 Å². The van der Waals surface area contributed by atoms with Gasteiger partial charge in [-0.05, 0) is 61.8 Å². The Labute approximate surface area is 150 Å². The van der Waals surface area contributed by atoms with E-state index in [0.29, 0.717) is 5.56 Å². The predicted octanol–water partition coefficient (Wildman–Crippen LogP) is 3.87. The fourth-order valence-electron chi connectivity index (χ4n) is 2.81. The molecule has 2 N–H and O–H groups in total. The van der Waals surface area contributed by atoms with Gasteiger partial charge in [-0.2, -0.15) is 0 Å². The Bertz CT molecular complexity index is 657. The van der Waals surface area contributed by atoms with E-state index in [4.69, 9.17) is 4.74 Å². The van der Waals surface area contributed by atoms with Crippen LogP contribution in [0.1, 0.15) is 17.5 Å². The van der Waals surface area contributed by atoms with E-state index in [-0.39, 0.29) is 12.4 Å². The summed E-state index contributed by atoms with van der Waals surface area (Å²) in [6.07, 6.45) is 1.26. The summed E-state index contributed by atoms with van der Waals surface area (Å²) in [4.78, 5) is 0. The fourth-order valence-corrected chi connectivity index (χ4v) is 3.15. The van der Waals surface area contributed by atoms with Crippen LogP contribution in [0.2, 0.25) is 0 Å². The molecule has 1 fully saturated rings. The topological polar surface area (TPSA) is 33.3 Å². The van der Waals surface area contributed by atoms with E-state index in [0.717, 1.165) is 42.3 Å². The molecule has 0 saturated carbocycles. The average Bonchev–Trinajstić information content (AvgIpc) is 3.09. The Morgan fingerprint density at radius 3 is 2.75 bits per heavy atom. The van der Waals surface area contributed by atoms with Crippen LogP contribution in [0.15, 0.2) is 46.9 Å². The van der Waals surface area contributed by atoms with Gasteiger partial charge in [0.2, 0.25) is 0 Å². The van der Waals surface area contributed by atoms with E-state index < -0.39 is 0 Å². The minimum absolute atomic E-state index is 0.228. The number of hydrogen-bond acceptors (Lipinski definition) is 3. The number of hydrogen-bond donors (Lipinski definition) is 2. The van der Waals surface area contributed by atoms with Gasteiger partial charge in [0.05, 0.1) is 0 Å². The van der Waals surface area contributed by atoms with Gasteiger partial charge in [-0.25, -0.2) is 4.39 Å². The van der Waals surface area contributed by atoms with Crippen LogP contribution in [0.5, 0.6) is 5.75 Å². The maximum Gasteiger partial charge on any atom is 0.130 e. The normalized spacial score (nSPS) is 17.2. The van der Waals surface area contributed by atoms with Crippen LogP contribution in [0.25, 0.3) is 0 Å². The molecule has 1 aliphatic rings. The molecule has 128 valence electrons. The van der Waals surface area contributed by atoms with Gasteiger partial charge in [-0.15, -0.1) is 0 Å². The van der Waals surface area contributed by atoms with E-state index >= 15 is 0 Å². The lowest BCUT2D eigenvalue weighted by Gasteiger charge is -2.11. The van der Waals surface area contributed by atoms with Gasteiger partial charge >= 0.3 is 0 Å². The van der Waals surface area contributed by atoms with Gasteiger partial charge in [0, 0.05) is 16.6 Å². The van der Waals surface area contributed by atoms with Crippen molar-refractivity contribution in [3.63, 3.8) is 0 Å². The zero-order valence-corrected chi connectivity index (χ0v) is 15.1. The lowest BCUT2D eigenvalue weighted by Crippen LogP contribution is -2.23. The van der Waals surface area contributed by atoms with Gasteiger partial charge in [0.1, 0.15) is 18.2 Å². The molecule has 0 amide bonds. The third-order valence-electron chi connectivity index (χ3n) is 4.26. The quantitative estimate of drug-likeness (QED) is 0.750. The molecule has 1 unspecified atom stereocenters. The van der Waals surface area contributed by atoms with Crippen LogP contribution < -0.4 is 15.4 Å². The van der Waals surface area contributed by atoms with Crippen molar-refractivity contribution >= 4 is 15.9 Å². The van der Waals surface area contributed by atoms with Crippen molar-refractivity contribution in [3.8, 4) is 5.75 Å². The van der Waals surface area contributed by atoms with Crippen LogP contribution in [0.4, 0.5) is 4.39 Å². The zero-order valence-electron chi connectivity index (χ0n) is 13.5. The highest BCUT2D eigenvalue weighted by atomic mass is 79.9. The second-order valence-electron chi connectivity index (χ2n) is 6.16. The van der Waals surface area contributed by atoms with Crippen molar-refractivity contribution in [2.24, 2.45) is 5.92 Å². The molecule has 3 rings (SSSR count). The minimum atomic E-state index is -0.258. The fraction of sp³-hybridized carbons (Fsp3) is 0.368. The molecule has 1 heterocycles. The van der Waals surface area contributed by atoms with Crippen LogP contribution in [0.3, 0.4) is 0 Å². The number of halogens is 2. The van der Waals surface area contributed by atoms with E-state index in [2.05, 4.69) is 26.6 Å². The first kappa shape index (κ1) is 17.4. The third-order valence-corrected chi connectivity index (χ3v) is 4.75. The lowest BCUT2D eigenvalue weighted by atomic mass is 10.1. The molecule has 1 saturated heterocycles. The van der Waals surface area contributed by atoms with Crippen molar-refractivity contribution in [3.05, 3.63) is 63.9 Å². The summed E-state index contributed by atoms with van der Waals surface area (Å²) in [5.74, 6) is 1.24. The van der Waals surface area contributed by atoms with Crippen LogP contribution >= 0.6 is 15.9 Å². The van der Waals surface area contributed by atoms with Gasteiger partial charge in [0.15, 0.2) is 0 Å². The van der Waals surface area contributed by atoms with Gasteiger partial charge in [0.25, 0.3) is 0 Å². The van der Waals surface area contributed by atoms with Crippen molar-refractivity contribution in [1.29, 1.82) is 0 Å². The summed E-state index contributed by atoms with van der Waals surface area (Å²) in [5.41, 5.74) is 1.78. The summed E-state index contributed by atoms with van der Waals surface area (Å²) >= 11 is 3.25. The molecular formula is C19H22BrFN2O. The summed E-state index contributed by atoms with van der Waals surface area (Å²) in [6, 6.07) is 13.0. The average molecular weight is 393 g/mol. The highest BCUT2D eigenvalue weighted by molar-refractivity contribution is 9.10. The van der Waals surface area contributed by atoms with Crippen LogP contribution in [-0.4, -0.2) is 19.6 Å². The predicted molar refractivity (Wildman–Crippen MR) is 97.6 cm³/mol. The molecule has 3 nitrogen and oxygen atoms in total. The van der Waals surface area contributed by atoms with Crippen molar-refractivity contribution < 1.29 is 9.13 Å². The highest BCUT2D eigenvalue weighted by Crippen LogP contribution is 2.18. The monoisotopic (exact) mass is 392 g/mol. The molecule has 24 heavy (non-hydrogen) atoms. The standard InChI is InChI=1S/C19H22BrFN2O/c20-17-4-3-16(19(21)9-17)13-24-18-5-1-14(2-6-18)10-23-12-15-7-8-22-11-15/h1-6,9,15,22-23H,7-8,10-13H2. The number of rotatable bonds is 7. The molecular weight excluding hydrogens is 371 g/mol. The number of benzene rings is 2. The number of ether oxygens (including phenoxy) is 1. The lowest BCUT2D eigenvalue weighted by molar-refractivity contribution is 0.299. The maximum absolute atomic E-state index is 13.8. The summed E-state index contributed by atoms with van der Waals surface area (Å²) in [7, 11) is 0. The third kappa shape index (κ3) is 5.03. The molecule has 0 radical (unpaired) electrons. The minimum Gasteiger partial charge on any atom is -0.489 e. The molecule has 5 heteroatoms. The first-order valence-corrected chi connectivity index (χ1v) is 9.07. The Balaban J connectivity index is 1.45. The van der Waals surface area contributed by atoms with E-state index in [1.807, 2.05) is 30.3 Å². The Morgan fingerprint density at radius 1 is 1.21 bits per heavy atom. The molecule has 0 aliphatic carbocycles. The van der Waals surface area contributed by atoms with Gasteiger partial charge < -0.3 is 15.4 Å². The summed E-state index contributed by atoms with van der Waals surface area (Å²) in [5, 5.41) is 6.88. The maximum atomic E-state index is 13.8. The van der Waals surface area contributed by atoms with E-state index in [1.165, 1.54) is 18.1 Å². The first-order chi connectivity index (χ1) is 11.7. The second-order valence-corrected chi connectivity index (χ2v) is 7.07. The molecule has 0 spiro atoms. The summed E-state index contributed by atoms with van der Waals surface area (Å²) < 4.78 is 20.2. The Morgan fingerprint density at radius 2 is 2.04 bits per heavy atom. The molecule has 2 aromatic carbocycles. The SMILES string of the molecule is Fc1cc(Br)ccc1COc1ccc(CNCC2CCNC2)cc1. The Kier molecular flexibility index (Phi) is 6.24. The van der Waals surface area contributed by atoms with Crippen molar-refractivity contribution in [1.82, 2.24) is 10.6 Å². The first-order valence-electron chi connectivity index (χ1n) is 8.28. The van der Waals surface area contributed by atoms with Crippen molar-refractivity contribution in [2.45, 2.75) is 19.6 Å². The van der Waals surface area contributed by atoms with E-state index in [1.54, 1.807) is 6.07 Å². The van der Waals surface area contributed by atoms with Gasteiger partial charge in [-0.3, -0.25) is 0 Å². The van der Waals surface area contributed by atoms with Gasteiger partial charge in [-0.1, -0.05) is 34.1 Å². The molecule has 0 aromatic heterocycles. The van der Waals surface area contributed by atoms with Crippen LogP contribution in [0, 0.1) is 11.7 Å². The van der Waals surface area contributed by atoms with Crippen molar-refractivity contribution in [2.75, 3.05) is 19.6 Å². The molecule has 0 bridgehead atoms. The van der Waals surface area contributed by atoms with E-state index in [9.17, 15) is 4.39 Å². The largest absolute Gasteiger partial charge is 0.489 e. The Hall–Kier alpha value is -1.43. The number of nitrogens with one attached hydrogen (secondary N) is 2.